The summed E-state index contributed by atoms with van der Waals surface area (Å²) in [7, 11) is 0. The monoisotopic (exact) mass is 365 g/mol. The van der Waals surface area contributed by atoms with Crippen molar-refractivity contribution in [1.29, 1.82) is 0 Å². The Morgan fingerprint density at radius 2 is 2.21 bits per heavy atom. The predicted molar refractivity (Wildman–Crippen MR) is 93.9 cm³/mol. The van der Waals surface area contributed by atoms with Crippen LogP contribution in [0.5, 0.6) is 11.5 Å². The summed E-state index contributed by atoms with van der Waals surface area (Å²) in [5, 5.41) is 9.37. The molecule has 1 fully saturated rings. The van der Waals surface area contributed by atoms with E-state index in [1.807, 2.05) is 6.92 Å². The summed E-state index contributed by atoms with van der Waals surface area (Å²) in [6.07, 6.45) is 2.69. The zero-order valence-electron chi connectivity index (χ0n) is 12.9. The van der Waals surface area contributed by atoms with Crippen molar-refractivity contribution >= 4 is 46.3 Å². The Hall–Kier alpha value is -2.06. The maximum absolute atomic E-state index is 12.6. The summed E-state index contributed by atoms with van der Waals surface area (Å²) >= 11 is 6.33. The molecule has 24 heavy (non-hydrogen) atoms. The number of aliphatic carboxylic acids is 1. The van der Waals surface area contributed by atoms with E-state index < -0.39 is 12.0 Å². The maximum atomic E-state index is 12.6. The van der Waals surface area contributed by atoms with Gasteiger partial charge in [-0.1, -0.05) is 43.4 Å². The highest BCUT2D eigenvalue weighted by Crippen LogP contribution is 2.37. The van der Waals surface area contributed by atoms with Gasteiger partial charge in [0.2, 0.25) is 6.79 Å². The molecule has 126 valence electrons. The minimum absolute atomic E-state index is 0.179. The number of hydrogen-bond acceptors (Lipinski definition) is 6. The van der Waals surface area contributed by atoms with Crippen molar-refractivity contribution in [1.82, 2.24) is 4.90 Å². The number of rotatable bonds is 5. The molecule has 1 amide bonds. The average molecular weight is 365 g/mol. The minimum Gasteiger partial charge on any atom is -0.480 e. The number of hydrogen-bond donors (Lipinski definition) is 1. The number of carbonyl (C=O) groups excluding carboxylic acids is 1. The van der Waals surface area contributed by atoms with Crippen LogP contribution < -0.4 is 9.47 Å². The van der Waals surface area contributed by atoms with Gasteiger partial charge in [-0.3, -0.25) is 9.69 Å². The molecule has 0 aromatic heterocycles. The largest absolute Gasteiger partial charge is 0.480 e. The van der Waals surface area contributed by atoms with Crippen molar-refractivity contribution in [3.8, 4) is 11.5 Å². The van der Waals surface area contributed by atoms with Crippen molar-refractivity contribution in [2.24, 2.45) is 0 Å². The number of benzene rings is 1. The summed E-state index contributed by atoms with van der Waals surface area (Å²) in [5.41, 5.74) is 0.766. The number of thiocarbonyl (C=S) groups is 1. The van der Waals surface area contributed by atoms with Gasteiger partial charge < -0.3 is 14.6 Å². The number of carbonyl (C=O) groups is 2. The Morgan fingerprint density at radius 3 is 2.92 bits per heavy atom. The second-order valence-electron chi connectivity index (χ2n) is 5.31. The minimum atomic E-state index is -1.04. The van der Waals surface area contributed by atoms with Gasteiger partial charge in [-0.25, -0.2) is 4.79 Å². The van der Waals surface area contributed by atoms with Gasteiger partial charge in [0, 0.05) is 0 Å². The van der Waals surface area contributed by atoms with Gasteiger partial charge in [-0.2, -0.15) is 0 Å². The quantitative estimate of drug-likeness (QED) is 0.635. The lowest BCUT2D eigenvalue weighted by molar-refractivity contribution is -0.145. The van der Waals surface area contributed by atoms with Gasteiger partial charge in [0.1, 0.15) is 10.4 Å². The molecular weight excluding hydrogens is 350 g/mol. The van der Waals surface area contributed by atoms with Crippen LogP contribution in [0.15, 0.2) is 23.1 Å². The second kappa shape index (κ2) is 6.82. The van der Waals surface area contributed by atoms with E-state index in [1.54, 1.807) is 24.3 Å². The summed E-state index contributed by atoms with van der Waals surface area (Å²) < 4.78 is 10.8. The summed E-state index contributed by atoms with van der Waals surface area (Å²) in [5.74, 6) is -0.136. The highest BCUT2D eigenvalue weighted by molar-refractivity contribution is 8.26. The molecule has 0 radical (unpaired) electrons. The first-order valence-electron chi connectivity index (χ1n) is 7.40. The summed E-state index contributed by atoms with van der Waals surface area (Å²) in [6.45, 7) is 2.05. The molecule has 6 nitrogen and oxygen atoms in total. The molecule has 8 heteroatoms. The van der Waals surface area contributed by atoms with Crippen LogP contribution in [0.3, 0.4) is 0 Å². The molecule has 2 aliphatic rings. The van der Waals surface area contributed by atoms with Crippen LogP contribution in [0.25, 0.3) is 6.08 Å². The molecule has 0 bridgehead atoms. The Kier molecular flexibility index (Phi) is 4.77. The van der Waals surface area contributed by atoms with Gasteiger partial charge in [0.15, 0.2) is 11.5 Å². The SMILES string of the molecule is CCC[C@H](C(=O)O)N1C(=O)/C(=C\c2ccc3c(c2)OCO3)SC1=S. The van der Waals surface area contributed by atoms with E-state index in [1.165, 1.54) is 4.90 Å². The lowest BCUT2D eigenvalue weighted by Gasteiger charge is -2.22. The number of ether oxygens (including phenoxy) is 2. The fourth-order valence-electron chi connectivity index (χ4n) is 2.54. The number of nitrogens with zero attached hydrogens (tertiary/aromatic N) is 1. The molecule has 1 atom stereocenters. The van der Waals surface area contributed by atoms with E-state index in [2.05, 4.69) is 0 Å². The van der Waals surface area contributed by atoms with Gasteiger partial charge in [0.25, 0.3) is 5.91 Å². The van der Waals surface area contributed by atoms with Crippen LogP contribution in [0.4, 0.5) is 0 Å². The molecule has 1 aromatic carbocycles. The first kappa shape index (κ1) is 16.8. The fourth-order valence-corrected chi connectivity index (χ4v) is 3.90. The van der Waals surface area contributed by atoms with Crippen molar-refractivity contribution in [2.75, 3.05) is 6.79 Å². The third-order valence-corrected chi connectivity index (χ3v) is 5.01. The molecule has 0 unspecified atom stereocenters. The molecule has 0 aliphatic carbocycles. The molecule has 0 saturated carbocycles. The molecular formula is C16H15NO5S2. The van der Waals surface area contributed by atoms with Gasteiger partial charge in [-0.15, -0.1) is 0 Å². The molecule has 1 N–H and O–H groups in total. The number of thioether (sulfide) groups is 1. The first-order chi connectivity index (χ1) is 11.5. The maximum Gasteiger partial charge on any atom is 0.326 e. The van der Waals surface area contributed by atoms with E-state index >= 15 is 0 Å². The van der Waals surface area contributed by atoms with Crippen LogP contribution in [0.1, 0.15) is 25.3 Å². The van der Waals surface area contributed by atoms with E-state index in [0.29, 0.717) is 29.2 Å². The zero-order chi connectivity index (χ0) is 17.3. The molecule has 2 aliphatic heterocycles. The number of carboxylic acid groups (broad SMARTS) is 1. The van der Waals surface area contributed by atoms with E-state index in [4.69, 9.17) is 21.7 Å². The van der Waals surface area contributed by atoms with Crippen LogP contribution >= 0.6 is 24.0 Å². The van der Waals surface area contributed by atoms with Crippen LogP contribution in [-0.4, -0.2) is 39.0 Å². The number of carboxylic acids is 1. The molecule has 3 rings (SSSR count). The van der Waals surface area contributed by atoms with Gasteiger partial charge in [0.05, 0.1) is 4.91 Å². The lowest BCUT2D eigenvalue weighted by atomic mass is 10.1. The highest BCUT2D eigenvalue weighted by Gasteiger charge is 2.39. The normalized spacial score (nSPS) is 19.2. The van der Waals surface area contributed by atoms with E-state index in [9.17, 15) is 14.7 Å². The van der Waals surface area contributed by atoms with Crippen molar-refractivity contribution < 1.29 is 24.2 Å². The van der Waals surface area contributed by atoms with Gasteiger partial charge in [-0.05, 0) is 30.2 Å². The Bertz CT molecular complexity index is 746. The first-order valence-corrected chi connectivity index (χ1v) is 8.63. The zero-order valence-corrected chi connectivity index (χ0v) is 14.5. The van der Waals surface area contributed by atoms with Crippen LogP contribution in [0, 0.1) is 0 Å². The van der Waals surface area contributed by atoms with Crippen LogP contribution in [0.2, 0.25) is 0 Å². The lowest BCUT2D eigenvalue weighted by Crippen LogP contribution is -2.43. The highest BCUT2D eigenvalue weighted by atomic mass is 32.2. The molecule has 1 aromatic rings. The molecule has 1 saturated heterocycles. The van der Waals surface area contributed by atoms with E-state index in [0.717, 1.165) is 17.3 Å². The van der Waals surface area contributed by atoms with Crippen molar-refractivity contribution in [3.63, 3.8) is 0 Å². The standard InChI is InChI=1S/C16H15NO5S2/c1-2-3-10(15(19)20)17-14(18)13(24-16(17)23)7-9-4-5-11-12(6-9)22-8-21-11/h4-7,10H,2-3,8H2,1H3,(H,19,20)/b13-7+/t10-/m1/s1. The van der Waals surface area contributed by atoms with Gasteiger partial charge >= 0.3 is 5.97 Å². The van der Waals surface area contributed by atoms with Crippen LogP contribution in [-0.2, 0) is 9.59 Å². The van der Waals surface area contributed by atoms with Crippen molar-refractivity contribution in [3.05, 3.63) is 28.7 Å². The third kappa shape index (κ3) is 3.11. The second-order valence-corrected chi connectivity index (χ2v) is 6.98. The van der Waals surface area contributed by atoms with Crippen molar-refractivity contribution in [2.45, 2.75) is 25.8 Å². The molecule has 2 heterocycles. The molecule has 0 spiro atoms. The summed E-state index contributed by atoms with van der Waals surface area (Å²) in [4.78, 5) is 25.7. The number of fused-ring (bicyclic) bond motifs is 1. The topological polar surface area (TPSA) is 76.1 Å². The number of amides is 1. The Morgan fingerprint density at radius 1 is 1.46 bits per heavy atom. The predicted octanol–water partition coefficient (Wildman–Crippen LogP) is 2.87. The Labute approximate surface area is 148 Å². The average Bonchev–Trinajstić information content (AvgIpc) is 3.10. The smallest absolute Gasteiger partial charge is 0.326 e. The third-order valence-electron chi connectivity index (χ3n) is 3.68. The van der Waals surface area contributed by atoms with E-state index in [-0.39, 0.29) is 17.0 Å². The summed E-state index contributed by atoms with van der Waals surface area (Å²) in [6, 6.07) is 4.42. The fraction of sp³-hybridized carbons (Fsp3) is 0.312. The Balaban J connectivity index is 1.86.